The van der Waals surface area contributed by atoms with E-state index in [2.05, 4.69) is 4.72 Å². The van der Waals surface area contributed by atoms with Crippen LogP contribution in [-0.4, -0.2) is 45.1 Å². The molecule has 0 unspecified atom stereocenters. The third-order valence-corrected chi connectivity index (χ3v) is 4.24. The Morgan fingerprint density at radius 2 is 1.65 bits per heavy atom. The number of nitrogens with one attached hydrogen (secondary N) is 1. The smallest absolute Gasteiger partial charge is 0.253 e. The Hall–Kier alpha value is -2.09. The van der Waals surface area contributed by atoms with E-state index in [1.807, 2.05) is 30.3 Å². The van der Waals surface area contributed by atoms with Gasteiger partial charge in [0, 0.05) is 30.9 Å². The molecule has 142 valence electrons. The van der Waals surface area contributed by atoms with Crippen LogP contribution in [0.25, 0.3) is 0 Å². The number of carbonyl (C=O) groups excluding carboxylic acids is 1. The maximum absolute atomic E-state index is 12.7. The minimum Gasteiger partial charge on any atom is -0.337 e. The van der Waals surface area contributed by atoms with E-state index < -0.39 is 10.0 Å². The van der Waals surface area contributed by atoms with Gasteiger partial charge in [0.15, 0.2) is 0 Å². The predicted molar refractivity (Wildman–Crippen MR) is 107 cm³/mol. The number of hydrogen-bond acceptors (Lipinski definition) is 4. The molecule has 0 aliphatic carbocycles. The number of halogens is 1. The predicted octanol–water partition coefficient (Wildman–Crippen LogP) is 2.12. The zero-order valence-electron chi connectivity index (χ0n) is 14.6. The molecule has 0 saturated carbocycles. The molecule has 8 heteroatoms. The summed E-state index contributed by atoms with van der Waals surface area (Å²) in [5, 5.41) is 0. The van der Waals surface area contributed by atoms with Crippen molar-refractivity contribution in [1.82, 2.24) is 4.90 Å². The molecule has 0 bridgehead atoms. The zero-order valence-corrected chi connectivity index (χ0v) is 16.2. The topological polar surface area (TPSA) is 92.5 Å². The summed E-state index contributed by atoms with van der Waals surface area (Å²) in [5.41, 5.74) is 7.72. The molecule has 6 nitrogen and oxygen atoms in total. The van der Waals surface area contributed by atoms with Crippen LogP contribution in [0.5, 0.6) is 0 Å². The summed E-state index contributed by atoms with van der Waals surface area (Å²) in [7, 11) is -3.34. The molecule has 2 aromatic rings. The SMILES string of the molecule is CS(=O)(=O)Nc1ccc(C(=O)N(CCN)CCc2ccccc2)cc1.Cl. The number of rotatable bonds is 8. The zero-order chi connectivity index (χ0) is 18.3. The number of amides is 1. The van der Waals surface area contributed by atoms with E-state index in [-0.39, 0.29) is 18.3 Å². The molecule has 3 N–H and O–H groups in total. The summed E-state index contributed by atoms with van der Waals surface area (Å²) in [6.45, 7) is 1.42. The number of nitrogens with zero attached hydrogens (tertiary/aromatic N) is 1. The van der Waals surface area contributed by atoms with E-state index in [0.29, 0.717) is 30.9 Å². The normalized spacial score (nSPS) is 10.7. The van der Waals surface area contributed by atoms with E-state index in [4.69, 9.17) is 5.73 Å². The summed E-state index contributed by atoms with van der Waals surface area (Å²) >= 11 is 0. The van der Waals surface area contributed by atoms with Crippen molar-refractivity contribution in [3.63, 3.8) is 0 Å². The Labute approximate surface area is 160 Å². The van der Waals surface area contributed by atoms with Crippen molar-refractivity contribution < 1.29 is 13.2 Å². The highest BCUT2D eigenvalue weighted by Crippen LogP contribution is 2.13. The number of hydrogen-bond donors (Lipinski definition) is 2. The van der Waals surface area contributed by atoms with Crippen LogP contribution in [0, 0.1) is 0 Å². The van der Waals surface area contributed by atoms with Crippen molar-refractivity contribution in [3.8, 4) is 0 Å². The van der Waals surface area contributed by atoms with Crippen LogP contribution in [0.1, 0.15) is 15.9 Å². The molecular weight excluding hydrogens is 374 g/mol. The summed E-state index contributed by atoms with van der Waals surface area (Å²) in [5.74, 6) is -0.118. The van der Waals surface area contributed by atoms with Crippen LogP contribution < -0.4 is 10.5 Å². The van der Waals surface area contributed by atoms with Gasteiger partial charge >= 0.3 is 0 Å². The molecule has 2 aromatic carbocycles. The maximum Gasteiger partial charge on any atom is 0.253 e. The fourth-order valence-corrected chi connectivity index (χ4v) is 3.02. The number of carbonyl (C=O) groups is 1. The summed E-state index contributed by atoms with van der Waals surface area (Å²) < 4.78 is 24.8. The highest BCUT2D eigenvalue weighted by atomic mass is 35.5. The largest absolute Gasteiger partial charge is 0.337 e. The van der Waals surface area contributed by atoms with Gasteiger partial charge in [0.2, 0.25) is 10.0 Å². The van der Waals surface area contributed by atoms with Crippen molar-refractivity contribution in [3.05, 3.63) is 65.7 Å². The van der Waals surface area contributed by atoms with Gasteiger partial charge in [-0.25, -0.2) is 8.42 Å². The fourth-order valence-electron chi connectivity index (χ4n) is 2.46. The van der Waals surface area contributed by atoms with Crippen LogP contribution in [0.3, 0.4) is 0 Å². The van der Waals surface area contributed by atoms with E-state index in [1.54, 1.807) is 29.2 Å². The Balaban J connectivity index is 0.00000338. The molecule has 0 atom stereocenters. The van der Waals surface area contributed by atoms with Crippen molar-refractivity contribution in [2.45, 2.75) is 6.42 Å². The first-order chi connectivity index (χ1) is 11.9. The summed E-state index contributed by atoms with van der Waals surface area (Å²) in [6.07, 6.45) is 1.83. The van der Waals surface area contributed by atoms with Gasteiger partial charge in [-0.3, -0.25) is 9.52 Å². The van der Waals surface area contributed by atoms with Gasteiger partial charge in [0.25, 0.3) is 5.91 Å². The quantitative estimate of drug-likeness (QED) is 0.713. The van der Waals surface area contributed by atoms with Crippen molar-refractivity contribution in [2.24, 2.45) is 5.73 Å². The fraction of sp³-hybridized carbons (Fsp3) is 0.278. The molecule has 0 saturated heterocycles. The molecule has 0 spiro atoms. The van der Waals surface area contributed by atoms with Crippen LogP contribution >= 0.6 is 12.4 Å². The molecule has 0 heterocycles. The lowest BCUT2D eigenvalue weighted by molar-refractivity contribution is 0.0762. The van der Waals surface area contributed by atoms with Crippen molar-refractivity contribution in [2.75, 3.05) is 30.6 Å². The Morgan fingerprint density at radius 1 is 1.04 bits per heavy atom. The standard InChI is InChI=1S/C18H23N3O3S.ClH/c1-25(23,24)20-17-9-7-16(8-10-17)18(22)21(14-12-19)13-11-15-5-3-2-4-6-15;/h2-10,20H,11-14,19H2,1H3;1H. The van der Waals surface area contributed by atoms with E-state index in [1.165, 1.54) is 0 Å². The molecule has 0 aromatic heterocycles. The Morgan fingerprint density at radius 3 is 2.19 bits per heavy atom. The second kappa shape index (κ2) is 10.2. The van der Waals surface area contributed by atoms with E-state index in [0.717, 1.165) is 18.2 Å². The third-order valence-electron chi connectivity index (χ3n) is 3.63. The number of nitrogens with two attached hydrogens (primary N) is 1. The van der Waals surface area contributed by atoms with E-state index in [9.17, 15) is 13.2 Å². The molecule has 26 heavy (non-hydrogen) atoms. The van der Waals surface area contributed by atoms with Gasteiger partial charge in [-0.15, -0.1) is 12.4 Å². The molecular formula is C18H24ClN3O3S. The highest BCUT2D eigenvalue weighted by Gasteiger charge is 2.15. The van der Waals surface area contributed by atoms with Gasteiger partial charge in [-0.05, 0) is 36.2 Å². The first-order valence-electron chi connectivity index (χ1n) is 8.00. The summed E-state index contributed by atoms with van der Waals surface area (Å²) in [4.78, 5) is 14.4. The molecule has 2 rings (SSSR count). The highest BCUT2D eigenvalue weighted by molar-refractivity contribution is 7.92. The van der Waals surface area contributed by atoms with Gasteiger partial charge in [-0.1, -0.05) is 30.3 Å². The van der Waals surface area contributed by atoms with Crippen LogP contribution in [-0.2, 0) is 16.4 Å². The lowest BCUT2D eigenvalue weighted by Gasteiger charge is -2.22. The number of benzene rings is 2. The molecule has 0 fully saturated rings. The van der Waals surface area contributed by atoms with Gasteiger partial charge in [0.05, 0.1) is 6.26 Å². The third kappa shape index (κ3) is 7.03. The number of sulfonamides is 1. The molecule has 0 radical (unpaired) electrons. The maximum atomic E-state index is 12.7. The van der Waals surface area contributed by atoms with E-state index >= 15 is 0 Å². The monoisotopic (exact) mass is 397 g/mol. The molecule has 1 amide bonds. The minimum absolute atomic E-state index is 0. The minimum atomic E-state index is -3.34. The molecule has 0 aliphatic rings. The van der Waals surface area contributed by atoms with Gasteiger partial charge in [0.1, 0.15) is 0 Å². The first-order valence-corrected chi connectivity index (χ1v) is 9.89. The van der Waals surface area contributed by atoms with Crippen molar-refractivity contribution in [1.29, 1.82) is 0 Å². The van der Waals surface area contributed by atoms with Crippen LogP contribution in [0.4, 0.5) is 5.69 Å². The average molecular weight is 398 g/mol. The average Bonchev–Trinajstić information content (AvgIpc) is 2.58. The summed E-state index contributed by atoms with van der Waals surface area (Å²) in [6, 6.07) is 16.3. The lowest BCUT2D eigenvalue weighted by Crippen LogP contribution is -2.36. The Bertz CT molecular complexity index is 796. The molecule has 0 aliphatic heterocycles. The second-order valence-electron chi connectivity index (χ2n) is 5.77. The van der Waals surface area contributed by atoms with Crippen LogP contribution in [0.2, 0.25) is 0 Å². The second-order valence-corrected chi connectivity index (χ2v) is 7.52. The lowest BCUT2D eigenvalue weighted by atomic mass is 10.1. The van der Waals surface area contributed by atoms with Crippen LogP contribution in [0.15, 0.2) is 54.6 Å². The Kier molecular flexibility index (Phi) is 8.57. The number of anilines is 1. The first kappa shape index (κ1) is 22.0. The van der Waals surface area contributed by atoms with Gasteiger partial charge in [-0.2, -0.15) is 0 Å². The van der Waals surface area contributed by atoms with Crippen molar-refractivity contribution >= 4 is 34.0 Å². The van der Waals surface area contributed by atoms with Gasteiger partial charge < -0.3 is 10.6 Å².